The lowest BCUT2D eigenvalue weighted by Gasteiger charge is -2.40. The number of amides is 1. The molecule has 2 aliphatic rings. The van der Waals surface area contributed by atoms with E-state index in [1.165, 1.54) is 10.8 Å². The molecule has 1 unspecified atom stereocenters. The van der Waals surface area contributed by atoms with Crippen LogP contribution in [0.15, 0.2) is 48.7 Å². The Kier molecular flexibility index (Phi) is 3.63. The first-order valence-electron chi connectivity index (χ1n) is 10.2. The SMILES string of the molecule is COc1cc2c(cc1OC)C(=O)N1C=Cc3cc4[nH]c5ccccc5c4c(C)c3C1N2. The van der Waals surface area contributed by atoms with E-state index < -0.39 is 0 Å². The number of hydrogen-bond acceptors (Lipinski definition) is 4. The zero-order chi connectivity index (χ0) is 21.3. The topological polar surface area (TPSA) is 66.6 Å². The summed E-state index contributed by atoms with van der Waals surface area (Å²) in [5, 5.41) is 5.94. The summed E-state index contributed by atoms with van der Waals surface area (Å²) in [7, 11) is 3.17. The van der Waals surface area contributed by atoms with Gasteiger partial charge in [-0.3, -0.25) is 9.69 Å². The molecule has 2 N–H and O–H groups in total. The van der Waals surface area contributed by atoms with E-state index >= 15 is 0 Å². The lowest BCUT2D eigenvalue weighted by atomic mass is 9.90. The van der Waals surface area contributed by atoms with Crippen molar-refractivity contribution in [2.24, 2.45) is 0 Å². The highest BCUT2D eigenvalue weighted by Gasteiger charge is 2.37. The van der Waals surface area contributed by atoms with Gasteiger partial charge in [-0.05, 0) is 42.3 Å². The second kappa shape index (κ2) is 6.28. The molecule has 4 aromatic rings. The van der Waals surface area contributed by atoms with Crippen molar-refractivity contribution >= 4 is 39.5 Å². The van der Waals surface area contributed by atoms with E-state index in [0.29, 0.717) is 17.1 Å². The standard InChI is InChI=1S/C25H21N3O3/c1-13-22-14(10-19-23(13)15-6-4-5-7-17(15)26-19)8-9-28-24(22)27-18-12-21(31-3)20(30-2)11-16(18)25(28)29/h4-12,24,26-27H,1-3H3. The summed E-state index contributed by atoms with van der Waals surface area (Å²) in [4.78, 5) is 18.7. The Bertz CT molecular complexity index is 1430. The molecule has 154 valence electrons. The lowest BCUT2D eigenvalue weighted by Crippen LogP contribution is -2.41. The third kappa shape index (κ3) is 2.36. The molecule has 1 amide bonds. The summed E-state index contributed by atoms with van der Waals surface area (Å²) in [5.41, 5.74) is 6.88. The van der Waals surface area contributed by atoms with Crippen molar-refractivity contribution in [3.8, 4) is 11.5 Å². The van der Waals surface area contributed by atoms with Crippen LogP contribution in [0.4, 0.5) is 5.69 Å². The molecular weight excluding hydrogens is 390 g/mol. The number of carbonyl (C=O) groups excluding carboxylic acids is 1. The van der Waals surface area contributed by atoms with Gasteiger partial charge in [0.2, 0.25) is 0 Å². The largest absolute Gasteiger partial charge is 0.493 e. The lowest BCUT2D eigenvalue weighted by molar-refractivity contribution is 0.0769. The number of rotatable bonds is 2. The fourth-order valence-electron chi connectivity index (χ4n) is 4.93. The van der Waals surface area contributed by atoms with Gasteiger partial charge in [0.1, 0.15) is 6.17 Å². The number of aromatic nitrogens is 1. The number of benzene rings is 3. The predicted octanol–water partition coefficient (Wildman–Crippen LogP) is 5.20. The maximum absolute atomic E-state index is 13.4. The van der Waals surface area contributed by atoms with E-state index in [9.17, 15) is 4.79 Å². The zero-order valence-corrected chi connectivity index (χ0v) is 17.4. The van der Waals surface area contributed by atoms with Gasteiger partial charge in [-0.15, -0.1) is 0 Å². The molecule has 6 heteroatoms. The van der Waals surface area contributed by atoms with Crippen LogP contribution in [0.5, 0.6) is 11.5 Å². The van der Waals surface area contributed by atoms with Crippen LogP contribution < -0.4 is 14.8 Å². The van der Waals surface area contributed by atoms with Crippen LogP contribution >= 0.6 is 0 Å². The maximum Gasteiger partial charge on any atom is 0.262 e. The molecule has 1 atom stereocenters. The second-order valence-electron chi connectivity index (χ2n) is 7.93. The molecule has 6 rings (SSSR count). The number of aromatic amines is 1. The maximum atomic E-state index is 13.4. The molecule has 1 aromatic heterocycles. The first-order valence-corrected chi connectivity index (χ1v) is 10.2. The molecule has 0 saturated carbocycles. The quantitative estimate of drug-likeness (QED) is 0.476. The number of anilines is 1. The van der Waals surface area contributed by atoms with Crippen LogP contribution in [0.3, 0.4) is 0 Å². The number of nitrogens with zero attached hydrogens (tertiary/aromatic N) is 1. The summed E-state index contributed by atoms with van der Waals surface area (Å²) in [6.07, 6.45) is 3.57. The van der Waals surface area contributed by atoms with Crippen LogP contribution in [0.1, 0.15) is 33.2 Å². The van der Waals surface area contributed by atoms with Gasteiger partial charge in [0, 0.05) is 39.6 Å². The smallest absolute Gasteiger partial charge is 0.262 e. The molecule has 0 fully saturated rings. The minimum atomic E-state index is -0.295. The minimum Gasteiger partial charge on any atom is -0.493 e. The number of fused-ring (bicyclic) bond motifs is 7. The zero-order valence-electron chi connectivity index (χ0n) is 17.4. The van der Waals surface area contributed by atoms with Gasteiger partial charge in [0.15, 0.2) is 11.5 Å². The average Bonchev–Trinajstić information content (AvgIpc) is 3.16. The summed E-state index contributed by atoms with van der Waals surface area (Å²) in [6.45, 7) is 2.13. The Morgan fingerprint density at radius 2 is 1.77 bits per heavy atom. The number of aryl methyl sites for hydroxylation is 1. The van der Waals surface area contributed by atoms with Crippen LogP contribution in [0.2, 0.25) is 0 Å². The van der Waals surface area contributed by atoms with Gasteiger partial charge in [0.25, 0.3) is 5.91 Å². The van der Waals surface area contributed by atoms with Crippen molar-refractivity contribution in [3.05, 3.63) is 70.9 Å². The van der Waals surface area contributed by atoms with Crippen LogP contribution in [-0.4, -0.2) is 30.0 Å². The second-order valence-corrected chi connectivity index (χ2v) is 7.93. The Morgan fingerprint density at radius 3 is 2.58 bits per heavy atom. The van der Waals surface area contributed by atoms with Crippen LogP contribution in [-0.2, 0) is 0 Å². The average molecular weight is 411 g/mol. The van der Waals surface area contributed by atoms with Gasteiger partial charge in [-0.25, -0.2) is 0 Å². The van der Waals surface area contributed by atoms with E-state index in [-0.39, 0.29) is 12.1 Å². The Morgan fingerprint density at radius 1 is 1.00 bits per heavy atom. The monoisotopic (exact) mass is 411 g/mol. The van der Waals surface area contributed by atoms with Gasteiger partial charge in [-0.1, -0.05) is 18.2 Å². The van der Waals surface area contributed by atoms with Gasteiger partial charge >= 0.3 is 0 Å². The third-order valence-electron chi connectivity index (χ3n) is 6.37. The minimum absolute atomic E-state index is 0.0694. The number of H-pyrrole nitrogens is 1. The molecule has 2 aliphatic heterocycles. The number of para-hydroxylation sites is 1. The highest BCUT2D eigenvalue weighted by Crippen LogP contribution is 2.45. The number of carbonyl (C=O) groups is 1. The summed E-state index contributed by atoms with van der Waals surface area (Å²) < 4.78 is 10.9. The van der Waals surface area contributed by atoms with Crippen molar-refractivity contribution in [1.29, 1.82) is 0 Å². The fraction of sp³-hybridized carbons (Fsp3) is 0.160. The molecule has 3 heterocycles. The molecule has 0 saturated heterocycles. The van der Waals surface area contributed by atoms with E-state index in [4.69, 9.17) is 9.47 Å². The normalized spacial score (nSPS) is 16.7. The van der Waals surface area contributed by atoms with Gasteiger partial charge in [0.05, 0.1) is 25.5 Å². The molecule has 31 heavy (non-hydrogen) atoms. The highest BCUT2D eigenvalue weighted by atomic mass is 16.5. The number of methoxy groups -OCH3 is 2. The number of nitrogens with one attached hydrogen (secondary N) is 2. The number of ether oxygens (including phenoxy) is 2. The molecule has 6 nitrogen and oxygen atoms in total. The molecule has 3 aromatic carbocycles. The molecule has 0 spiro atoms. The van der Waals surface area contributed by atoms with Crippen molar-refractivity contribution in [2.45, 2.75) is 13.1 Å². The Labute approximate surface area is 179 Å². The molecule has 0 aliphatic carbocycles. The van der Waals surface area contributed by atoms with Gasteiger partial charge < -0.3 is 19.8 Å². The van der Waals surface area contributed by atoms with E-state index in [0.717, 1.165) is 33.4 Å². The number of hydrogen-bond donors (Lipinski definition) is 2. The van der Waals surface area contributed by atoms with Crippen molar-refractivity contribution in [1.82, 2.24) is 9.88 Å². The van der Waals surface area contributed by atoms with Gasteiger partial charge in [-0.2, -0.15) is 0 Å². The Balaban J connectivity index is 1.57. The molecular formula is C25H21N3O3. The van der Waals surface area contributed by atoms with E-state index in [1.807, 2.05) is 24.4 Å². The van der Waals surface area contributed by atoms with E-state index in [1.54, 1.807) is 25.2 Å². The molecule has 0 radical (unpaired) electrons. The van der Waals surface area contributed by atoms with Crippen LogP contribution in [0, 0.1) is 6.92 Å². The van der Waals surface area contributed by atoms with E-state index in [2.05, 4.69) is 41.5 Å². The molecule has 0 bridgehead atoms. The summed E-state index contributed by atoms with van der Waals surface area (Å²) in [6, 6.07) is 14.1. The predicted molar refractivity (Wildman–Crippen MR) is 122 cm³/mol. The van der Waals surface area contributed by atoms with Crippen molar-refractivity contribution in [2.75, 3.05) is 19.5 Å². The summed E-state index contributed by atoms with van der Waals surface area (Å²) >= 11 is 0. The summed E-state index contributed by atoms with van der Waals surface area (Å²) in [5.74, 6) is 1.05. The third-order valence-corrected chi connectivity index (χ3v) is 6.37. The first-order chi connectivity index (χ1) is 15.1. The van der Waals surface area contributed by atoms with Crippen LogP contribution in [0.25, 0.3) is 27.9 Å². The first kappa shape index (κ1) is 17.9. The van der Waals surface area contributed by atoms with Crippen molar-refractivity contribution < 1.29 is 14.3 Å². The Hall–Kier alpha value is -3.93. The van der Waals surface area contributed by atoms with Crippen molar-refractivity contribution in [3.63, 3.8) is 0 Å². The fourth-order valence-corrected chi connectivity index (χ4v) is 4.93. The highest BCUT2D eigenvalue weighted by molar-refractivity contribution is 6.11.